The van der Waals surface area contributed by atoms with Crippen LogP contribution in [0.3, 0.4) is 0 Å². The summed E-state index contributed by atoms with van der Waals surface area (Å²) >= 11 is 1.95. The van der Waals surface area contributed by atoms with Gasteiger partial charge in [0.2, 0.25) is 10.0 Å². The van der Waals surface area contributed by atoms with Crippen molar-refractivity contribution in [2.45, 2.75) is 44.3 Å². The molecule has 2 rings (SSSR count). The molecule has 1 aromatic carbocycles. The zero-order valence-electron chi connectivity index (χ0n) is 15.2. The highest BCUT2D eigenvalue weighted by Crippen LogP contribution is 2.28. The molecule has 1 N–H and O–H groups in total. The first-order chi connectivity index (χ1) is 11.8. The van der Waals surface area contributed by atoms with Crippen LogP contribution in [0.25, 0.3) is 0 Å². The van der Waals surface area contributed by atoms with Gasteiger partial charge in [0.05, 0.1) is 11.9 Å². The minimum absolute atomic E-state index is 0.148. The molecule has 1 aliphatic carbocycles. The number of rotatable bonds is 7. The lowest BCUT2D eigenvalue weighted by Crippen LogP contribution is -2.29. The number of carbonyl (C=O) groups is 1. The molecular formula is C18H28N2O3S2. The second-order valence-corrected chi connectivity index (χ2v) is 9.99. The molecule has 1 aromatic rings. The number of nitrogens with zero attached hydrogens (tertiary/aromatic N) is 1. The average Bonchev–Trinajstić information content (AvgIpc) is 2.58. The van der Waals surface area contributed by atoms with E-state index in [1.165, 1.54) is 43.5 Å². The molecule has 0 atom stereocenters. The van der Waals surface area contributed by atoms with Crippen molar-refractivity contribution in [1.82, 2.24) is 5.32 Å². The second-order valence-electron chi connectivity index (χ2n) is 6.57. The highest BCUT2D eigenvalue weighted by Gasteiger charge is 2.18. The van der Waals surface area contributed by atoms with Crippen molar-refractivity contribution >= 4 is 33.4 Å². The lowest BCUT2D eigenvalue weighted by Gasteiger charge is -2.21. The SMILES string of the molecule is Cc1c(C(=O)NCCSC2CCCCC2)cccc1N(C)S(C)(=O)=O. The first-order valence-electron chi connectivity index (χ1n) is 8.74. The van der Waals surface area contributed by atoms with E-state index in [4.69, 9.17) is 0 Å². The molecule has 1 fully saturated rings. The number of nitrogens with one attached hydrogen (secondary N) is 1. The Kier molecular flexibility index (Phi) is 7.19. The van der Waals surface area contributed by atoms with Gasteiger partial charge in [-0.25, -0.2) is 8.42 Å². The first kappa shape index (κ1) is 20.1. The predicted octanol–water partition coefficient (Wildman–Crippen LogP) is 3.19. The number of thioether (sulfide) groups is 1. The van der Waals surface area contributed by atoms with Gasteiger partial charge in [-0.3, -0.25) is 9.10 Å². The van der Waals surface area contributed by atoms with Crippen molar-refractivity contribution in [3.8, 4) is 0 Å². The van der Waals surface area contributed by atoms with Crippen LogP contribution in [-0.2, 0) is 10.0 Å². The summed E-state index contributed by atoms with van der Waals surface area (Å²) in [5, 5.41) is 3.69. The van der Waals surface area contributed by atoms with Gasteiger partial charge in [0, 0.05) is 30.2 Å². The summed E-state index contributed by atoms with van der Waals surface area (Å²) in [5.74, 6) is 0.767. The highest BCUT2D eigenvalue weighted by molar-refractivity contribution is 7.99. The number of hydrogen-bond donors (Lipinski definition) is 1. The van der Waals surface area contributed by atoms with E-state index in [1.54, 1.807) is 25.1 Å². The van der Waals surface area contributed by atoms with Crippen LogP contribution >= 0.6 is 11.8 Å². The van der Waals surface area contributed by atoms with E-state index >= 15 is 0 Å². The third kappa shape index (κ3) is 5.64. The van der Waals surface area contributed by atoms with Crippen LogP contribution in [0.15, 0.2) is 18.2 Å². The summed E-state index contributed by atoms with van der Waals surface area (Å²) in [7, 11) is -1.86. The zero-order chi connectivity index (χ0) is 18.4. The molecule has 0 bridgehead atoms. The fourth-order valence-corrected chi connectivity index (χ4v) is 4.88. The highest BCUT2D eigenvalue weighted by atomic mass is 32.2. The van der Waals surface area contributed by atoms with Crippen molar-refractivity contribution in [3.05, 3.63) is 29.3 Å². The Bertz CT molecular complexity index is 698. The Morgan fingerprint density at radius 2 is 1.96 bits per heavy atom. The molecule has 0 spiro atoms. The number of amides is 1. The molecule has 0 radical (unpaired) electrons. The van der Waals surface area contributed by atoms with Crippen LogP contribution in [-0.4, -0.2) is 45.2 Å². The molecule has 1 saturated carbocycles. The molecule has 0 saturated heterocycles. The number of sulfonamides is 1. The summed E-state index contributed by atoms with van der Waals surface area (Å²) in [6, 6.07) is 5.17. The van der Waals surface area contributed by atoms with Crippen LogP contribution in [0.5, 0.6) is 0 Å². The first-order valence-corrected chi connectivity index (χ1v) is 11.6. The molecule has 0 aliphatic heterocycles. The van der Waals surface area contributed by atoms with Gasteiger partial charge in [-0.15, -0.1) is 0 Å². The second kappa shape index (κ2) is 8.94. The van der Waals surface area contributed by atoms with Crippen molar-refractivity contribution < 1.29 is 13.2 Å². The maximum Gasteiger partial charge on any atom is 0.251 e. The van der Waals surface area contributed by atoms with Gasteiger partial charge in [0.1, 0.15) is 0 Å². The van der Waals surface area contributed by atoms with E-state index in [1.807, 2.05) is 11.8 Å². The molecule has 25 heavy (non-hydrogen) atoms. The summed E-state index contributed by atoms with van der Waals surface area (Å²) < 4.78 is 24.7. The fourth-order valence-electron chi connectivity index (χ4n) is 3.11. The molecule has 7 heteroatoms. The van der Waals surface area contributed by atoms with E-state index in [-0.39, 0.29) is 5.91 Å². The van der Waals surface area contributed by atoms with Crippen LogP contribution < -0.4 is 9.62 Å². The lowest BCUT2D eigenvalue weighted by molar-refractivity contribution is 0.0955. The zero-order valence-corrected chi connectivity index (χ0v) is 16.9. The Morgan fingerprint density at radius 3 is 2.60 bits per heavy atom. The maximum atomic E-state index is 12.5. The molecule has 5 nitrogen and oxygen atoms in total. The van der Waals surface area contributed by atoms with Gasteiger partial charge in [-0.05, 0) is 37.5 Å². The Morgan fingerprint density at radius 1 is 1.28 bits per heavy atom. The normalized spacial score (nSPS) is 15.8. The van der Waals surface area contributed by atoms with Gasteiger partial charge in [-0.2, -0.15) is 11.8 Å². The van der Waals surface area contributed by atoms with Gasteiger partial charge < -0.3 is 5.32 Å². The van der Waals surface area contributed by atoms with Gasteiger partial charge >= 0.3 is 0 Å². The lowest BCUT2D eigenvalue weighted by atomic mass is 10.0. The third-order valence-electron chi connectivity index (χ3n) is 4.68. The summed E-state index contributed by atoms with van der Waals surface area (Å²) in [4.78, 5) is 12.5. The quantitative estimate of drug-likeness (QED) is 0.733. The van der Waals surface area contributed by atoms with Gasteiger partial charge in [-0.1, -0.05) is 25.3 Å². The molecule has 1 amide bonds. The van der Waals surface area contributed by atoms with Crippen LogP contribution in [0.2, 0.25) is 0 Å². The Balaban J connectivity index is 1.93. The van der Waals surface area contributed by atoms with Crippen molar-refractivity contribution in [2.75, 3.05) is 29.9 Å². The number of hydrogen-bond acceptors (Lipinski definition) is 4. The molecule has 0 heterocycles. The summed E-state index contributed by atoms with van der Waals surface area (Å²) in [6.07, 6.45) is 7.73. The molecule has 0 aromatic heterocycles. The smallest absolute Gasteiger partial charge is 0.251 e. The predicted molar refractivity (Wildman–Crippen MR) is 106 cm³/mol. The number of anilines is 1. The van der Waals surface area contributed by atoms with Crippen molar-refractivity contribution in [1.29, 1.82) is 0 Å². The fraction of sp³-hybridized carbons (Fsp3) is 0.611. The van der Waals surface area contributed by atoms with E-state index in [2.05, 4.69) is 5.32 Å². The molecular weight excluding hydrogens is 356 g/mol. The van der Waals surface area contributed by atoms with E-state index in [0.717, 1.165) is 17.3 Å². The Labute approximate surface area is 155 Å². The monoisotopic (exact) mass is 384 g/mol. The molecule has 1 aliphatic rings. The van der Waals surface area contributed by atoms with Crippen LogP contribution in [0.4, 0.5) is 5.69 Å². The maximum absolute atomic E-state index is 12.5. The number of benzene rings is 1. The summed E-state index contributed by atoms with van der Waals surface area (Å²) in [5.41, 5.74) is 1.73. The van der Waals surface area contributed by atoms with E-state index in [9.17, 15) is 13.2 Å². The van der Waals surface area contributed by atoms with Crippen LogP contribution in [0.1, 0.15) is 48.0 Å². The topological polar surface area (TPSA) is 66.5 Å². The Hall–Kier alpha value is -1.21. The van der Waals surface area contributed by atoms with Gasteiger partial charge in [0.15, 0.2) is 0 Å². The minimum Gasteiger partial charge on any atom is -0.351 e. The molecule has 0 unspecified atom stereocenters. The largest absolute Gasteiger partial charge is 0.351 e. The van der Waals surface area contributed by atoms with Gasteiger partial charge in [0.25, 0.3) is 5.91 Å². The minimum atomic E-state index is -3.36. The summed E-state index contributed by atoms with van der Waals surface area (Å²) in [6.45, 7) is 2.41. The third-order valence-corrected chi connectivity index (χ3v) is 7.25. The standard InChI is InChI=1S/C18H28N2O3S2/c1-14-16(10-7-11-17(14)20(2)25(3,22)23)18(21)19-12-13-24-15-8-5-4-6-9-15/h7,10-11,15H,4-6,8-9,12-13H2,1-3H3,(H,19,21). The molecule has 140 valence electrons. The van der Waals surface area contributed by atoms with Crippen molar-refractivity contribution in [2.24, 2.45) is 0 Å². The van der Waals surface area contributed by atoms with E-state index in [0.29, 0.717) is 23.4 Å². The van der Waals surface area contributed by atoms with Crippen molar-refractivity contribution in [3.63, 3.8) is 0 Å². The number of carbonyl (C=O) groups excluding carboxylic acids is 1. The van der Waals surface area contributed by atoms with Crippen LogP contribution in [0, 0.1) is 6.92 Å². The average molecular weight is 385 g/mol. The van der Waals surface area contributed by atoms with E-state index < -0.39 is 10.0 Å².